The van der Waals surface area contributed by atoms with E-state index in [9.17, 15) is 23.7 Å². The minimum absolute atomic E-state index is 0.328. The molecule has 0 saturated carbocycles. The maximum atomic E-state index is 13.5. The van der Waals surface area contributed by atoms with Gasteiger partial charge in [-0.25, -0.2) is 13.6 Å². The monoisotopic (exact) mass is 276 g/mol. The first kappa shape index (κ1) is 14.8. The molecule has 19 heavy (non-hydrogen) atoms. The predicted octanol–water partition coefficient (Wildman–Crippen LogP) is 1.38. The zero-order valence-electron chi connectivity index (χ0n) is 9.72. The Kier molecular flexibility index (Phi) is 4.70. The maximum Gasteiger partial charge on any atom is 0.328 e. The van der Waals surface area contributed by atoms with Crippen LogP contribution in [0.2, 0.25) is 0 Å². The second kappa shape index (κ2) is 6.05. The number of non-ortho nitro benzene ring substituents is 1. The summed E-state index contributed by atoms with van der Waals surface area (Å²) >= 11 is 0. The molecule has 1 rings (SSSR count). The quantitative estimate of drug-likeness (QED) is 0.601. The van der Waals surface area contributed by atoms with E-state index in [1.165, 1.54) is 7.11 Å². The molecule has 2 N–H and O–H groups in total. The number of benzene rings is 1. The average molecular weight is 276 g/mol. The van der Waals surface area contributed by atoms with Gasteiger partial charge >= 0.3 is 5.97 Å². The number of carbonyl (C=O) groups is 1. The fourth-order valence-corrected chi connectivity index (χ4v) is 1.32. The molecule has 0 aromatic heterocycles. The van der Waals surface area contributed by atoms with Crippen LogP contribution in [0.4, 0.5) is 20.2 Å². The smallest absolute Gasteiger partial charge is 0.328 e. The average Bonchev–Trinajstić information content (AvgIpc) is 2.31. The molecule has 7 nitrogen and oxygen atoms in total. The Hall–Kier alpha value is -2.29. The fraction of sp³-hybridized carbons (Fsp3) is 0.300. The molecule has 0 aliphatic rings. The molecule has 0 heterocycles. The van der Waals surface area contributed by atoms with Crippen molar-refractivity contribution >= 4 is 17.3 Å². The molecule has 0 amide bonds. The highest BCUT2D eigenvalue weighted by Gasteiger charge is 2.23. The number of anilines is 1. The van der Waals surface area contributed by atoms with Crippen molar-refractivity contribution in [3.05, 3.63) is 33.9 Å². The molecule has 1 atom stereocenters. The van der Waals surface area contributed by atoms with Crippen LogP contribution in [-0.2, 0) is 9.53 Å². The summed E-state index contributed by atoms with van der Waals surface area (Å²) in [4.78, 5) is 20.2. The van der Waals surface area contributed by atoms with Gasteiger partial charge in [-0.2, -0.15) is 0 Å². The number of hydrogen-bond acceptors (Lipinski definition) is 5. The van der Waals surface area contributed by atoms with Gasteiger partial charge in [-0.1, -0.05) is 0 Å². The summed E-state index contributed by atoms with van der Waals surface area (Å²) in [6.07, 6.45) is 0. The number of ether oxygens (including phenoxy) is 1. The number of nitrogens with zero attached hydrogens (tertiary/aromatic N) is 1. The Balaban J connectivity index is 3.07. The van der Waals surface area contributed by atoms with E-state index in [4.69, 9.17) is 5.11 Å². The highest BCUT2D eigenvalue weighted by Crippen LogP contribution is 2.25. The number of aliphatic carboxylic acids is 1. The van der Waals surface area contributed by atoms with E-state index in [1.807, 2.05) is 0 Å². The lowest BCUT2D eigenvalue weighted by molar-refractivity contribution is -0.385. The first-order chi connectivity index (χ1) is 8.86. The van der Waals surface area contributed by atoms with Crippen LogP contribution >= 0.6 is 0 Å². The molecule has 0 spiro atoms. The van der Waals surface area contributed by atoms with Crippen LogP contribution < -0.4 is 5.32 Å². The van der Waals surface area contributed by atoms with Crippen molar-refractivity contribution in [2.75, 3.05) is 19.0 Å². The topological polar surface area (TPSA) is 102 Å². The summed E-state index contributed by atoms with van der Waals surface area (Å²) in [7, 11) is 1.22. The van der Waals surface area contributed by atoms with Gasteiger partial charge in [0, 0.05) is 7.11 Å². The molecule has 0 saturated heterocycles. The molecular weight excluding hydrogens is 266 g/mol. The van der Waals surface area contributed by atoms with E-state index >= 15 is 0 Å². The summed E-state index contributed by atoms with van der Waals surface area (Å²) in [5.74, 6) is -3.89. The molecule has 0 aliphatic heterocycles. The highest BCUT2D eigenvalue weighted by atomic mass is 19.1. The van der Waals surface area contributed by atoms with Gasteiger partial charge in [0.2, 0.25) is 0 Å². The Morgan fingerprint density at radius 2 is 2.05 bits per heavy atom. The molecular formula is C10H10F2N2O5. The molecule has 104 valence electrons. The van der Waals surface area contributed by atoms with Gasteiger partial charge in [-0.15, -0.1) is 0 Å². The van der Waals surface area contributed by atoms with Crippen LogP contribution in [0, 0.1) is 21.7 Å². The minimum Gasteiger partial charge on any atom is -0.480 e. The molecule has 0 fully saturated rings. The van der Waals surface area contributed by atoms with Crippen molar-refractivity contribution < 1.29 is 28.3 Å². The lowest BCUT2D eigenvalue weighted by atomic mass is 10.2. The first-order valence-electron chi connectivity index (χ1n) is 4.98. The fourth-order valence-electron chi connectivity index (χ4n) is 1.32. The molecule has 0 bridgehead atoms. The zero-order chi connectivity index (χ0) is 14.6. The van der Waals surface area contributed by atoms with Crippen LogP contribution in [0.1, 0.15) is 0 Å². The van der Waals surface area contributed by atoms with E-state index < -0.39 is 39.9 Å². The predicted molar refractivity (Wildman–Crippen MR) is 59.9 cm³/mol. The number of nitrogens with one attached hydrogen (secondary N) is 1. The Morgan fingerprint density at radius 1 is 1.53 bits per heavy atom. The summed E-state index contributed by atoms with van der Waals surface area (Å²) in [5, 5.41) is 21.3. The van der Waals surface area contributed by atoms with Gasteiger partial charge in [-0.05, 0) is 0 Å². The number of nitro groups is 1. The van der Waals surface area contributed by atoms with Crippen LogP contribution in [0.5, 0.6) is 0 Å². The lowest BCUT2D eigenvalue weighted by Crippen LogP contribution is -2.34. The van der Waals surface area contributed by atoms with Crippen molar-refractivity contribution in [1.82, 2.24) is 0 Å². The Labute approximate surface area is 105 Å². The summed E-state index contributed by atoms with van der Waals surface area (Å²) < 4.78 is 31.6. The van der Waals surface area contributed by atoms with Gasteiger partial charge in [0.1, 0.15) is 11.7 Å². The molecule has 1 aromatic rings. The SMILES string of the molecule is COCC(Nc1c(F)cc([N+](=O)[O-])cc1F)C(=O)O. The second-order valence-corrected chi connectivity index (χ2v) is 3.53. The van der Waals surface area contributed by atoms with Crippen LogP contribution in [0.15, 0.2) is 12.1 Å². The van der Waals surface area contributed by atoms with Crippen molar-refractivity contribution in [3.63, 3.8) is 0 Å². The van der Waals surface area contributed by atoms with Crippen LogP contribution in [0.25, 0.3) is 0 Å². The third-order valence-electron chi connectivity index (χ3n) is 2.19. The largest absolute Gasteiger partial charge is 0.480 e. The molecule has 1 aromatic carbocycles. The summed E-state index contributed by atoms with van der Waals surface area (Å²) in [6, 6.07) is -0.385. The van der Waals surface area contributed by atoms with E-state index in [-0.39, 0.29) is 6.61 Å². The molecule has 0 radical (unpaired) electrons. The Morgan fingerprint density at radius 3 is 2.42 bits per heavy atom. The van der Waals surface area contributed by atoms with Gasteiger partial charge in [0.05, 0.1) is 23.7 Å². The number of halogens is 2. The van der Waals surface area contributed by atoms with Gasteiger partial charge in [0.15, 0.2) is 11.6 Å². The molecule has 0 aliphatic carbocycles. The normalized spacial score (nSPS) is 11.9. The third kappa shape index (κ3) is 3.58. The first-order valence-corrected chi connectivity index (χ1v) is 4.98. The third-order valence-corrected chi connectivity index (χ3v) is 2.19. The van der Waals surface area contributed by atoms with Gasteiger partial charge in [-0.3, -0.25) is 10.1 Å². The van der Waals surface area contributed by atoms with E-state index in [0.717, 1.165) is 0 Å². The van der Waals surface area contributed by atoms with Crippen molar-refractivity contribution in [1.29, 1.82) is 0 Å². The van der Waals surface area contributed by atoms with E-state index in [2.05, 4.69) is 10.1 Å². The summed E-state index contributed by atoms with van der Waals surface area (Å²) in [5.41, 5.74) is -1.52. The van der Waals surface area contributed by atoms with Crippen LogP contribution in [-0.4, -0.2) is 35.8 Å². The standard InChI is InChI=1S/C10H10F2N2O5/c1-19-4-8(10(15)16)13-9-6(11)2-5(14(17)18)3-7(9)12/h2-3,8,13H,4H2,1H3,(H,15,16). The number of methoxy groups -OCH3 is 1. The van der Waals surface area contributed by atoms with E-state index in [1.54, 1.807) is 0 Å². The molecule has 9 heteroatoms. The minimum atomic E-state index is -1.38. The highest BCUT2D eigenvalue weighted by molar-refractivity contribution is 5.77. The van der Waals surface area contributed by atoms with Gasteiger partial charge in [0.25, 0.3) is 5.69 Å². The number of carboxylic acid groups (broad SMARTS) is 1. The van der Waals surface area contributed by atoms with Crippen molar-refractivity contribution in [3.8, 4) is 0 Å². The van der Waals surface area contributed by atoms with Crippen molar-refractivity contribution in [2.24, 2.45) is 0 Å². The zero-order valence-corrected chi connectivity index (χ0v) is 9.72. The van der Waals surface area contributed by atoms with Gasteiger partial charge < -0.3 is 15.2 Å². The number of carboxylic acids is 1. The van der Waals surface area contributed by atoms with Crippen molar-refractivity contribution in [2.45, 2.75) is 6.04 Å². The second-order valence-electron chi connectivity index (χ2n) is 3.53. The number of hydrogen-bond donors (Lipinski definition) is 2. The number of nitro benzene ring substituents is 1. The summed E-state index contributed by atoms with van der Waals surface area (Å²) in [6.45, 7) is -0.328. The molecule has 1 unspecified atom stereocenters. The number of rotatable bonds is 6. The Bertz CT molecular complexity index is 486. The maximum absolute atomic E-state index is 13.5. The van der Waals surface area contributed by atoms with E-state index in [0.29, 0.717) is 12.1 Å². The lowest BCUT2D eigenvalue weighted by Gasteiger charge is -2.15. The van der Waals surface area contributed by atoms with Crippen LogP contribution in [0.3, 0.4) is 0 Å².